The van der Waals surface area contributed by atoms with E-state index in [9.17, 15) is 25.5 Å². The molecule has 6 aliphatic rings. The van der Waals surface area contributed by atoms with E-state index in [0.29, 0.717) is 26.1 Å². The molecule has 5 aliphatic carbocycles. The highest BCUT2D eigenvalue weighted by molar-refractivity contribution is 5.39. The molecule has 15 atom stereocenters. The van der Waals surface area contributed by atoms with Crippen molar-refractivity contribution in [1.29, 1.82) is 0 Å². The number of nitrogens with zero attached hydrogens (tertiary/aromatic N) is 1. The van der Waals surface area contributed by atoms with Crippen LogP contribution in [0.15, 0.2) is 0 Å². The van der Waals surface area contributed by atoms with Crippen LogP contribution in [0.1, 0.15) is 19.8 Å². The van der Waals surface area contributed by atoms with Crippen LogP contribution in [0.2, 0.25) is 0 Å². The third-order valence-corrected chi connectivity index (χ3v) is 11.7. The number of methoxy groups -OCH3 is 4. The summed E-state index contributed by atoms with van der Waals surface area (Å²) < 4.78 is 23.7. The highest BCUT2D eigenvalue weighted by Gasteiger charge is 2.90. The van der Waals surface area contributed by atoms with E-state index in [1.54, 1.807) is 21.3 Å². The molecule has 1 saturated heterocycles. The number of hydrogen-bond donors (Lipinski definition) is 5. The molecule has 0 aromatic carbocycles. The number of hydrogen-bond acceptors (Lipinski definition) is 10. The minimum absolute atomic E-state index is 0.156. The van der Waals surface area contributed by atoms with Crippen molar-refractivity contribution < 1.29 is 44.5 Å². The lowest BCUT2D eigenvalue weighted by Crippen LogP contribution is -2.81. The summed E-state index contributed by atoms with van der Waals surface area (Å²) in [5.41, 5.74) is -4.81. The second-order valence-electron chi connectivity index (χ2n) is 12.1. The lowest BCUT2D eigenvalue weighted by Gasteiger charge is -2.70. The summed E-state index contributed by atoms with van der Waals surface area (Å²) in [6, 6.07) is -0.240. The quantitative estimate of drug-likeness (QED) is 0.285. The Morgan fingerprint density at radius 1 is 0.943 bits per heavy atom. The number of aliphatic hydroxyl groups excluding tert-OH is 3. The van der Waals surface area contributed by atoms with E-state index in [0.717, 1.165) is 0 Å². The molecule has 5 saturated carbocycles. The lowest BCUT2D eigenvalue weighted by molar-refractivity contribution is -0.320. The molecule has 10 heteroatoms. The fraction of sp³-hybridized carbons (Fsp3) is 1.00. The molecule has 35 heavy (non-hydrogen) atoms. The van der Waals surface area contributed by atoms with Crippen LogP contribution < -0.4 is 0 Å². The average Bonchev–Trinajstić information content (AvgIpc) is 3.19. The summed E-state index contributed by atoms with van der Waals surface area (Å²) in [5.74, 6) is -2.04. The maximum absolute atomic E-state index is 12.6. The number of likely N-dealkylation sites (tertiary alicyclic amines) is 1. The van der Waals surface area contributed by atoms with E-state index in [4.69, 9.17) is 18.9 Å². The maximum Gasteiger partial charge on any atom is 0.120 e. The van der Waals surface area contributed by atoms with Gasteiger partial charge in [0.15, 0.2) is 0 Å². The van der Waals surface area contributed by atoms with E-state index in [-0.39, 0.29) is 18.4 Å². The minimum atomic E-state index is -1.76. The van der Waals surface area contributed by atoms with Gasteiger partial charge in [-0.15, -0.1) is 0 Å². The van der Waals surface area contributed by atoms with Gasteiger partial charge < -0.3 is 44.5 Å². The van der Waals surface area contributed by atoms with E-state index >= 15 is 0 Å². The molecule has 1 aliphatic heterocycles. The standard InChI is InChI=1S/C25H41NO9/c1-6-26-9-22(10-32-2)12(27)7-13(33-3)24-11-8-23(30)19(28)14(11)25(31,20(29)21(23)35-5)15(18(24)26)16(34-4)17(22)24/h11-21,27-31H,6-10H2,1-5H3/t11-,12+,13-,14+,15-,16-,17+,18+,19+,20-,21-,22-,23+,24-,25+/m0/s1. The zero-order valence-corrected chi connectivity index (χ0v) is 21.2. The second-order valence-corrected chi connectivity index (χ2v) is 12.1. The molecular weight excluding hydrogens is 458 g/mol. The van der Waals surface area contributed by atoms with E-state index in [1.165, 1.54) is 7.11 Å². The number of ether oxygens (including phenoxy) is 4. The largest absolute Gasteiger partial charge is 0.392 e. The number of aliphatic hydroxyl groups is 5. The highest BCUT2D eigenvalue weighted by Crippen LogP contribution is 2.79. The van der Waals surface area contributed by atoms with E-state index in [1.807, 2.05) is 0 Å². The Bertz CT molecular complexity index is 878. The fourth-order valence-corrected chi connectivity index (χ4v) is 11.0. The van der Waals surface area contributed by atoms with Gasteiger partial charge in [-0.25, -0.2) is 0 Å². The molecule has 10 nitrogen and oxygen atoms in total. The van der Waals surface area contributed by atoms with Crippen molar-refractivity contribution in [3.8, 4) is 0 Å². The van der Waals surface area contributed by atoms with E-state index < -0.39 is 76.4 Å². The zero-order valence-electron chi connectivity index (χ0n) is 21.2. The summed E-state index contributed by atoms with van der Waals surface area (Å²) in [5, 5.41) is 59.3. The van der Waals surface area contributed by atoms with Crippen molar-refractivity contribution in [2.24, 2.45) is 34.5 Å². The third-order valence-electron chi connectivity index (χ3n) is 11.7. The summed E-state index contributed by atoms with van der Waals surface area (Å²) in [7, 11) is 6.29. The molecule has 6 fully saturated rings. The van der Waals surface area contributed by atoms with Crippen molar-refractivity contribution in [1.82, 2.24) is 4.90 Å². The van der Waals surface area contributed by atoms with Crippen LogP contribution in [0.4, 0.5) is 0 Å². The Balaban J connectivity index is 1.68. The van der Waals surface area contributed by atoms with Crippen LogP contribution in [0.3, 0.4) is 0 Å². The summed E-state index contributed by atoms with van der Waals surface area (Å²) in [6.07, 6.45) is -4.95. The predicted molar refractivity (Wildman–Crippen MR) is 121 cm³/mol. The minimum Gasteiger partial charge on any atom is -0.392 e. The first-order valence-corrected chi connectivity index (χ1v) is 12.9. The normalized spacial score (nSPS) is 62.4. The molecule has 0 radical (unpaired) electrons. The predicted octanol–water partition coefficient (Wildman–Crippen LogP) is -1.79. The zero-order chi connectivity index (χ0) is 25.3. The first kappa shape index (κ1) is 24.9. The Kier molecular flexibility index (Phi) is 5.40. The first-order valence-electron chi connectivity index (χ1n) is 12.9. The number of rotatable bonds is 6. The van der Waals surface area contributed by atoms with Crippen LogP contribution in [-0.2, 0) is 18.9 Å². The molecule has 5 N–H and O–H groups in total. The molecule has 7 bridgehead atoms. The van der Waals surface area contributed by atoms with Gasteiger partial charge in [-0.1, -0.05) is 6.92 Å². The van der Waals surface area contributed by atoms with Gasteiger partial charge in [0, 0.05) is 76.0 Å². The molecule has 1 spiro atoms. The van der Waals surface area contributed by atoms with Gasteiger partial charge in [-0.2, -0.15) is 0 Å². The SMILES string of the molecule is CCN1C[C@]2(COC)[C@H](O)C[C@H](OC)[C@@]34[C@@H]2[C@@H](OC)[C@@H]([C@@H]13)[C@]1(O)[C@H]2[C@@H](O)[C@](O)(C[C@@H]24)[C@@H](OC)[C@@H]1O. The Morgan fingerprint density at radius 3 is 2.23 bits per heavy atom. The summed E-state index contributed by atoms with van der Waals surface area (Å²) >= 11 is 0. The van der Waals surface area contributed by atoms with E-state index in [2.05, 4.69) is 11.8 Å². The van der Waals surface area contributed by atoms with Crippen molar-refractivity contribution in [3.63, 3.8) is 0 Å². The van der Waals surface area contributed by atoms with Gasteiger partial charge in [-0.3, -0.25) is 4.90 Å². The maximum atomic E-state index is 12.6. The summed E-state index contributed by atoms with van der Waals surface area (Å²) in [6.45, 7) is 3.58. The molecule has 0 aromatic rings. The molecule has 6 rings (SSSR count). The van der Waals surface area contributed by atoms with Gasteiger partial charge in [0.2, 0.25) is 0 Å². The number of piperidine rings is 1. The molecule has 0 aromatic heterocycles. The first-order chi connectivity index (χ1) is 16.6. The summed E-state index contributed by atoms with van der Waals surface area (Å²) in [4.78, 5) is 2.29. The topological polar surface area (TPSA) is 141 Å². The van der Waals surface area contributed by atoms with Crippen LogP contribution in [0.5, 0.6) is 0 Å². The monoisotopic (exact) mass is 499 g/mol. The molecule has 0 unspecified atom stereocenters. The van der Waals surface area contributed by atoms with Gasteiger partial charge in [0.1, 0.15) is 23.4 Å². The van der Waals surface area contributed by atoms with Crippen molar-refractivity contribution in [2.45, 2.75) is 73.6 Å². The van der Waals surface area contributed by atoms with Crippen molar-refractivity contribution in [3.05, 3.63) is 0 Å². The third kappa shape index (κ3) is 2.35. The van der Waals surface area contributed by atoms with Gasteiger partial charge >= 0.3 is 0 Å². The van der Waals surface area contributed by atoms with Crippen molar-refractivity contribution >= 4 is 0 Å². The Morgan fingerprint density at radius 2 is 1.66 bits per heavy atom. The lowest BCUT2D eigenvalue weighted by atomic mass is 9.42. The molecule has 0 amide bonds. The van der Waals surface area contributed by atoms with Crippen LogP contribution in [0, 0.1) is 34.5 Å². The van der Waals surface area contributed by atoms with Crippen LogP contribution >= 0.6 is 0 Å². The Hall–Kier alpha value is -0.400. The molecular formula is C25H41NO9. The van der Waals surface area contributed by atoms with Crippen LogP contribution in [-0.4, -0.2) is 132 Å². The van der Waals surface area contributed by atoms with Crippen LogP contribution in [0.25, 0.3) is 0 Å². The number of fused-ring (bicyclic) bond motifs is 2. The van der Waals surface area contributed by atoms with Gasteiger partial charge in [0.05, 0.1) is 31.0 Å². The average molecular weight is 500 g/mol. The fourth-order valence-electron chi connectivity index (χ4n) is 11.0. The molecule has 200 valence electrons. The second kappa shape index (κ2) is 7.59. The Labute approximate surface area is 206 Å². The van der Waals surface area contributed by atoms with Gasteiger partial charge in [-0.05, 0) is 18.9 Å². The smallest absolute Gasteiger partial charge is 0.120 e. The highest BCUT2D eigenvalue weighted by atomic mass is 16.5. The molecule has 1 heterocycles. The van der Waals surface area contributed by atoms with Crippen molar-refractivity contribution in [2.75, 3.05) is 48.1 Å². The van der Waals surface area contributed by atoms with Gasteiger partial charge in [0.25, 0.3) is 0 Å².